The molecule has 1 saturated heterocycles. The fourth-order valence-electron chi connectivity index (χ4n) is 2.34. The van der Waals surface area contributed by atoms with Crippen molar-refractivity contribution < 1.29 is 0 Å². The molecule has 15 heavy (non-hydrogen) atoms. The quantitative estimate of drug-likeness (QED) is 0.570. The average Bonchev–Trinajstić information content (AvgIpc) is 2.58. The Bertz CT molecular complexity index is 339. The molecule has 0 saturated carbocycles. The summed E-state index contributed by atoms with van der Waals surface area (Å²) in [5, 5.41) is 0. The molecule has 2 heterocycles. The summed E-state index contributed by atoms with van der Waals surface area (Å²) in [5.74, 6) is 6.84. The summed E-state index contributed by atoms with van der Waals surface area (Å²) >= 11 is 0. The molecule has 2 atom stereocenters. The number of anilines is 2. The highest BCUT2D eigenvalue weighted by Gasteiger charge is 2.26. The van der Waals surface area contributed by atoms with Crippen molar-refractivity contribution in [2.75, 3.05) is 16.9 Å². The van der Waals surface area contributed by atoms with Gasteiger partial charge in [-0.25, -0.2) is 10.8 Å². The highest BCUT2D eigenvalue weighted by atomic mass is 15.3. The van der Waals surface area contributed by atoms with Crippen LogP contribution in [0.4, 0.5) is 11.5 Å². The van der Waals surface area contributed by atoms with Gasteiger partial charge in [0.15, 0.2) is 0 Å². The average molecular weight is 206 g/mol. The van der Waals surface area contributed by atoms with Gasteiger partial charge in [0.05, 0.1) is 0 Å². The lowest BCUT2D eigenvalue weighted by atomic mass is 10.1. The van der Waals surface area contributed by atoms with Gasteiger partial charge in [-0.1, -0.05) is 6.92 Å². The first kappa shape index (κ1) is 10.2. The Hall–Kier alpha value is -1.29. The summed E-state index contributed by atoms with van der Waals surface area (Å²) in [7, 11) is 0. The van der Waals surface area contributed by atoms with Gasteiger partial charge < -0.3 is 10.3 Å². The molecule has 4 heteroatoms. The Kier molecular flexibility index (Phi) is 2.77. The third-order valence-corrected chi connectivity index (χ3v) is 3.01. The molecule has 1 aromatic rings. The van der Waals surface area contributed by atoms with Crippen LogP contribution < -0.4 is 16.2 Å². The van der Waals surface area contributed by atoms with Crippen LogP contribution in [0, 0.1) is 5.92 Å². The first-order valence-corrected chi connectivity index (χ1v) is 5.40. The van der Waals surface area contributed by atoms with Crippen molar-refractivity contribution in [2.24, 2.45) is 11.8 Å². The fourth-order valence-corrected chi connectivity index (χ4v) is 2.34. The lowest BCUT2D eigenvalue weighted by Crippen LogP contribution is -2.26. The lowest BCUT2D eigenvalue weighted by Gasteiger charge is -2.24. The summed E-state index contributed by atoms with van der Waals surface area (Å²) in [5.41, 5.74) is 3.78. The van der Waals surface area contributed by atoms with E-state index in [0.29, 0.717) is 6.04 Å². The van der Waals surface area contributed by atoms with E-state index < -0.39 is 0 Å². The number of aromatic nitrogens is 1. The van der Waals surface area contributed by atoms with Crippen LogP contribution >= 0.6 is 0 Å². The topological polar surface area (TPSA) is 54.2 Å². The van der Waals surface area contributed by atoms with Gasteiger partial charge in [-0.05, 0) is 25.3 Å². The van der Waals surface area contributed by atoms with Gasteiger partial charge in [0.2, 0.25) is 0 Å². The SMILES string of the molecule is CC1CC(C)N(c2ccnc(NN)c2)C1. The van der Waals surface area contributed by atoms with Gasteiger partial charge in [0.1, 0.15) is 5.82 Å². The van der Waals surface area contributed by atoms with Gasteiger partial charge in [-0.3, -0.25) is 0 Å². The van der Waals surface area contributed by atoms with E-state index in [1.165, 1.54) is 12.1 Å². The van der Waals surface area contributed by atoms with Crippen molar-refractivity contribution >= 4 is 11.5 Å². The van der Waals surface area contributed by atoms with Crippen LogP contribution in [-0.2, 0) is 0 Å². The molecule has 0 bridgehead atoms. The van der Waals surface area contributed by atoms with Crippen LogP contribution in [0.25, 0.3) is 0 Å². The number of nitrogens with two attached hydrogens (primary N) is 1. The highest BCUT2D eigenvalue weighted by Crippen LogP contribution is 2.29. The van der Waals surface area contributed by atoms with Crippen molar-refractivity contribution in [3.63, 3.8) is 0 Å². The van der Waals surface area contributed by atoms with E-state index in [-0.39, 0.29) is 0 Å². The number of hydrazine groups is 1. The van der Waals surface area contributed by atoms with Crippen molar-refractivity contribution in [1.29, 1.82) is 0 Å². The zero-order chi connectivity index (χ0) is 10.8. The van der Waals surface area contributed by atoms with Gasteiger partial charge >= 0.3 is 0 Å². The van der Waals surface area contributed by atoms with E-state index in [0.717, 1.165) is 18.3 Å². The second-order valence-corrected chi connectivity index (χ2v) is 4.39. The number of nitrogens with zero attached hydrogens (tertiary/aromatic N) is 2. The van der Waals surface area contributed by atoms with Crippen LogP contribution in [0.3, 0.4) is 0 Å². The predicted molar refractivity (Wildman–Crippen MR) is 62.6 cm³/mol. The number of hydrogen-bond donors (Lipinski definition) is 2. The Labute approximate surface area is 90.5 Å². The summed E-state index contributed by atoms with van der Waals surface area (Å²) in [6.07, 6.45) is 3.05. The number of pyridine rings is 1. The largest absolute Gasteiger partial charge is 0.368 e. The van der Waals surface area contributed by atoms with Gasteiger partial charge in [0.25, 0.3) is 0 Å². The van der Waals surface area contributed by atoms with Gasteiger partial charge in [-0.2, -0.15) is 0 Å². The molecule has 2 unspecified atom stereocenters. The number of hydrogen-bond acceptors (Lipinski definition) is 4. The molecule has 1 aromatic heterocycles. The standard InChI is InChI=1S/C11H18N4/c1-8-5-9(2)15(7-8)10-3-4-13-11(6-10)14-12/h3-4,6,8-9H,5,7,12H2,1-2H3,(H,13,14). The predicted octanol–water partition coefficient (Wildman–Crippen LogP) is 1.60. The summed E-state index contributed by atoms with van der Waals surface area (Å²) in [4.78, 5) is 6.52. The molecular weight excluding hydrogens is 188 g/mol. The molecule has 4 nitrogen and oxygen atoms in total. The number of nitrogens with one attached hydrogen (secondary N) is 1. The third kappa shape index (κ3) is 2.04. The summed E-state index contributed by atoms with van der Waals surface area (Å²) in [6.45, 7) is 5.68. The monoisotopic (exact) mass is 206 g/mol. The molecule has 0 spiro atoms. The second-order valence-electron chi connectivity index (χ2n) is 4.39. The second kappa shape index (κ2) is 4.06. The first-order chi connectivity index (χ1) is 7.20. The minimum Gasteiger partial charge on any atom is -0.368 e. The maximum Gasteiger partial charge on any atom is 0.141 e. The van der Waals surface area contributed by atoms with Crippen LogP contribution in [0.15, 0.2) is 18.3 Å². The Morgan fingerprint density at radius 3 is 2.93 bits per heavy atom. The minimum atomic E-state index is 0.605. The van der Waals surface area contributed by atoms with Crippen molar-refractivity contribution in [2.45, 2.75) is 26.3 Å². The number of nitrogen functional groups attached to an aromatic ring is 1. The van der Waals surface area contributed by atoms with Gasteiger partial charge in [-0.15, -0.1) is 0 Å². The molecule has 0 aliphatic carbocycles. The molecule has 3 N–H and O–H groups in total. The van der Waals surface area contributed by atoms with Crippen LogP contribution in [0.1, 0.15) is 20.3 Å². The first-order valence-electron chi connectivity index (χ1n) is 5.40. The molecule has 0 radical (unpaired) electrons. The van der Waals surface area contributed by atoms with Crippen LogP contribution in [-0.4, -0.2) is 17.6 Å². The zero-order valence-corrected chi connectivity index (χ0v) is 9.27. The van der Waals surface area contributed by atoms with E-state index in [1.807, 2.05) is 12.1 Å². The zero-order valence-electron chi connectivity index (χ0n) is 9.27. The minimum absolute atomic E-state index is 0.605. The van der Waals surface area contributed by atoms with Crippen LogP contribution in [0.2, 0.25) is 0 Å². The van der Waals surface area contributed by atoms with E-state index >= 15 is 0 Å². The summed E-state index contributed by atoms with van der Waals surface area (Å²) in [6, 6.07) is 4.64. The molecule has 1 aliphatic rings. The maximum absolute atomic E-state index is 5.35. The van der Waals surface area contributed by atoms with Crippen LogP contribution in [0.5, 0.6) is 0 Å². The molecule has 0 amide bonds. The van der Waals surface area contributed by atoms with Crippen molar-refractivity contribution in [3.05, 3.63) is 18.3 Å². The Morgan fingerprint density at radius 2 is 2.33 bits per heavy atom. The summed E-state index contributed by atoms with van der Waals surface area (Å²) < 4.78 is 0. The molecule has 2 rings (SSSR count). The van der Waals surface area contributed by atoms with Crippen molar-refractivity contribution in [1.82, 2.24) is 4.98 Å². The van der Waals surface area contributed by atoms with Gasteiger partial charge in [0, 0.05) is 30.5 Å². The molecule has 1 aliphatic heterocycles. The molecule has 1 fully saturated rings. The smallest absolute Gasteiger partial charge is 0.141 e. The van der Waals surface area contributed by atoms with E-state index in [2.05, 4.69) is 29.2 Å². The highest BCUT2D eigenvalue weighted by molar-refractivity contribution is 5.54. The maximum atomic E-state index is 5.35. The molecule has 0 aromatic carbocycles. The fraction of sp³-hybridized carbons (Fsp3) is 0.545. The Morgan fingerprint density at radius 1 is 1.53 bits per heavy atom. The Balaban J connectivity index is 2.21. The van der Waals surface area contributed by atoms with E-state index in [4.69, 9.17) is 5.84 Å². The molecule has 82 valence electrons. The lowest BCUT2D eigenvalue weighted by molar-refractivity contribution is 0.625. The van der Waals surface area contributed by atoms with E-state index in [9.17, 15) is 0 Å². The number of rotatable bonds is 2. The van der Waals surface area contributed by atoms with E-state index in [1.54, 1.807) is 6.20 Å². The molecular formula is C11H18N4. The third-order valence-electron chi connectivity index (χ3n) is 3.01. The normalized spacial score (nSPS) is 25.7. The van der Waals surface area contributed by atoms with Crippen molar-refractivity contribution in [3.8, 4) is 0 Å².